The molecule has 0 saturated carbocycles. The number of aryl methyl sites for hydroxylation is 1. The molecule has 3 rings (SSSR count). The SMILES string of the molecule is CS(=O)(=O)N[C@@H](c1ccc(CCCC2Cc3ccccc3CO2)cc1)C(F)(F)F. The first-order chi connectivity index (χ1) is 13.6. The Hall–Kier alpha value is -1.90. The number of fused-ring (bicyclic) bond motifs is 1. The molecule has 158 valence electrons. The van der Waals surface area contributed by atoms with Crippen molar-refractivity contribution in [3.05, 3.63) is 70.8 Å². The molecule has 0 saturated heterocycles. The largest absolute Gasteiger partial charge is 0.408 e. The highest BCUT2D eigenvalue weighted by molar-refractivity contribution is 7.88. The van der Waals surface area contributed by atoms with Crippen molar-refractivity contribution in [2.75, 3.05) is 6.26 Å². The minimum absolute atomic E-state index is 0.126. The van der Waals surface area contributed by atoms with Crippen LogP contribution in [0.4, 0.5) is 13.2 Å². The Morgan fingerprint density at radius 2 is 1.76 bits per heavy atom. The minimum atomic E-state index is -4.71. The molecule has 8 heteroatoms. The van der Waals surface area contributed by atoms with E-state index in [0.29, 0.717) is 12.9 Å². The summed E-state index contributed by atoms with van der Waals surface area (Å²) in [7, 11) is -4.00. The predicted octanol–water partition coefficient (Wildman–Crippen LogP) is 4.30. The zero-order valence-electron chi connectivity index (χ0n) is 16.1. The second kappa shape index (κ2) is 8.85. The standard InChI is InChI=1S/C21H24F3NO3S/c1-29(26,27)25-20(21(22,23)24)16-11-9-15(10-12-16)5-4-8-19-13-17-6-2-3-7-18(17)14-28-19/h2-3,6-7,9-12,19-20,25H,4-5,8,13-14H2,1H3/t19?,20-/m0/s1. The monoisotopic (exact) mass is 427 g/mol. The van der Waals surface area contributed by atoms with Crippen molar-refractivity contribution in [2.45, 2.75) is 50.6 Å². The van der Waals surface area contributed by atoms with Crippen LogP contribution < -0.4 is 4.72 Å². The van der Waals surface area contributed by atoms with E-state index in [2.05, 4.69) is 12.1 Å². The van der Waals surface area contributed by atoms with Crippen LogP contribution >= 0.6 is 0 Å². The summed E-state index contributed by atoms with van der Waals surface area (Å²) < 4.78 is 69.7. The summed E-state index contributed by atoms with van der Waals surface area (Å²) >= 11 is 0. The van der Waals surface area contributed by atoms with Crippen molar-refractivity contribution < 1.29 is 26.3 Å². The van der Waals surface area contributed by atoms with Gasteiger partial charge in [0.1, 0.15) is 6.04 Å². The highest BCUT2D eigenvalue weighted by Gasteiger charge is 2.42. The lowest BCUT2D eigenvalue weighted by Crippen LogP contribution is -2.37. The summed E-state index contributed by atoms with van der Waals surface area (Å²) in [6.07, 6.45) is -0.520. The minimum Gasteiger partial charge on any atom is -0.373 e. The normalized spacial score (nSPS) is 18.3. The molecule has 2 aromatic carbocycles. The van der Waals surface area contributed by atoms with Gasteiger partial charge in [-0.2, -0.15) is 17.9 Å². The Kier molecular flexibility index (Phi) is 6.65. The molecule has 1 aliphatic rings. The van der Waals surface area contributed by atoms with Crippen molar-refractivity contribution in [1.29, 1.82) is 0 Å². The van der Waals surface area contributed by atoms with Crippen molar-refractivity contribution >= 4 is 10.0 Å². The van der Waals surface area contributed by atoms with Gasteiger partial charge in [-0.1, -0.05) is 48.5 Å². The van der Waals surface area contributed by atoms with Gasteiger partial charge in [0.25, 0.3) is 0 Å². The highest BCUT2D eigenvalue weighted by Crippen LogP contribution is 2.33. The summed E-state index contributed by atoms with van der Waals surface area (Å²) in [5, 5.41) is 0. The number of nitrogens with one attached hydrogen (secondary N) is 1. The molecule has 0 aliphatic carbocycles. The summed E-state index contributed by atoms with van der Waals surface area (Å²) in [4.78, 5) is 0. The van der Waals surface area contributed by atoms with Crippen LogP contribution in [0.25, 0.3) is 0 Å². The molecular formula is C21H24F3NO3S. The fourth-order valence-corrected chi connectivity index (χ4v) is 4.24. The molecule has 2 aromatic rings. The van der Waals surface area contributed by atoms with Gasteiger partial charge in [0, 0.05) is 0 Å². The quantitative estimate of drug-likeness (QED) is 0.717. The fraction of sp³-hybridized carbons (Fsp3) is 0.429. The molecule has 0 aromatic heterocycles. The Morgan fingerprint density at radius 1 is 1.10 bits per heavy atom. The maximum Gasteiger partial charge on any atom is 0.408 e. The summed E-state index contributed by atoms with van der Waals surface area (Å²) in [5.41, 5.74) is 3.31. The number of sulfonamides is 1. The van der Waals surface area contributed by atoms with Crippen LogP contribution in [0.5, 0.6) is 0 Å². The number of benzene rings is 2. The summed E-state index contributed by atoms with van der Waals surface area (Å²) in [5.74, 6) is 0. The Balaban J connectivity index is 1.55. The second-order valence-corrected chi connectivity index (χ2v) is 9.18. The van der Waals surface area contributed by atoms with Gasteiger partial charge in [0.2, 0.25) is 10.0 Å². The van der Waals surface area contributed by atoms with Gasteiger partial charge in [-0.3, -0.25) is 0 Å². The maximum atomic E-state index is 13.2. The zero-order chi connectivity index (χ0) is 21.1. The third-order valence-corrected chi connectivity index (χ3v) is 5.67. The first-order valence-electron chi connectivity index (χ1n) is 9.43. The molecule has 0 fully saturated rings. The Morgan fingerprint density at radius 3 is 2.38 bits per heavy atom. The van der Waals surface area contributed by atoms with E-state index in [-0.39, 0.29) is 11.7 Å². The van der Waals surface area contributed by atoms with Crippen molar-refractivity contribution in [3.8, 4) is 0 Å². The molecule has 1 aliphatic heterocycles. The number of hydrogen-bond acceptors (Lipinski definition) is 3. The van der Waals surface area contributed by atoms with Gasteiger partial charge in [0.05, 0.1) is 19.0 Å². The molecular weight excluding hydrogens is 403 g/mol. The van der Waals surface area contributed by atoms with E-state index in [1.54, 1.807) is 16.9 Å². The van der Waals surface area contributed by atoms with Crippen LogP contribution in [0.1, 0.15) is 41.1 Å². The third kappa shape index (κ3) is 6.29. The molecule has 1 heterocycles. The van der Waals surface area contributed by atoms with Crippen LogP contribution in [0.15, 0.2) is 48.5 Å². The van der Waals surface area contributed by atoms with E-state index in [4.69, 9.17) is 4.74 Å². The van der Waals surface area contributed by atoms with E-state index in [0.717, 1.165) is 31.2 Å². The van der Waals surface area contributed by atoms with E-state index in [9.17, 15) is 21.6 Å². The van der Waals surface area contributed by atoms with Crippen LogP contribution in [-0.4, -0.2) is 27.0 Å². The Bertz CT molecular complexity index is 927. The van der Waals surface area contributed by atoms with Gasteiger partial charge in [-0.05, 0) is 47.9 Å². The van der Waals surface area contributed by atoms with Crippen molar-refractivity contribution in [2.24, 2.45) is 0 Å². The number of ether oxygens (including phenoxy) is 1. The molecule has 0 amide bonds. The first kappa shape index (κ1) is 21.8. The number of alkyl halides is 3. The summed E-state index contributed by atoms with van der Waals surface area (Å²) in [6.45, 7) is 0.613. The average Bonchev–Trinajstić information content (AvgIpc) is 2.65. The lowest BCUT2D eigenvalue weighted by Gasteiger charge is -2.25. The number of hydrogen-bond donors (Lipinski definition) is 1. The molecule has 29 heavy (non-hydrogen) atoms. The maximum absolute atomic E-state index is 13.2. The molecule has 1 N–H and O–H groups in total. The fourth-order valence-electron chi connectivity index (χ4n) is 3.54. The first-order valence-corrected chi connectivity index (χ1v) is 11.3. The van der Waals surface area contributed by atoms with Gasteiger partial charge in [-0.25, -0.2) is 8.42 Å². The van der Waals surface area contributed by atoms with Gasteiger partial charge in [-0.15, -0.1) is 0 Å². The number of rotatable bonds is 7. The smallest absolute Gasteiger partial charge is 0.373 e. The van der Waals surface area contributed by atoms with Crippen molar-refractivity contribution in [3.63, 3.8) is 0 Å². The number of halogens is 3. The van der Waals surface area contributed by atoms with E-state index in [1.807, 2.05) is 12.1 Å². The molecule has 0 bridgehead atoms. The Labute approximate surface area is 169 Å². The van der Waals surface area contributed by atoms with Gasteiger partial charge >= 0.3 is 6.18 Å². The third-order valence-electron chi connectivity index (χ3n) is 5.00. The van der Waals surface area contributed by atoms with E-state index < -0.39 is 22.2 Å². The van der Waals surface area contributed by atoms with Crippen LogP contribution in [0, 0.1) is 0 Å². The lowest BCUT2D eigenvalue weighted by molar-refractivity contribution is -0.153. The van der Waals surface area contributed by atoms with E-state index in [1.165, 1.54) is 23.3 Å². The summed E-state index contributed by atoms with van der Waals surface area (Å²) in [6, 6.07) is 11.9. The van der Waals surface area contributed by atoms with Crippen LogP contribution in [0.2, 0.25) is 0 Å². The molecule has 0 radical (unpaired) electrons. The zero-order valence-corrected chi connectivity index (χ0v) is 16.9. The lowest BCUT2D eigenvalue weighted by atomic mass is 9.95. The van der Waals surface area contributed by atoms with Crippen molar-refractivity contribution in [1.82, 2.24) is 4.72 Å². The average molecular weight is 427 g/mol. The van der Waals surface area contributed by atoms with Crippen LogP contribution in [-0.2, 0) is 34.2 Å². The van der Waals surface area contributed by atoms with Gasteiger partial charge < -0.3 is 4.74 Å². The van der Waals surface area contributed by atoms with E-state index >= 15 is 0 Å². The second-order valence-electron chi connectivity index (χ2n) is 7.40. The highest BCUT2D eigenvalue weighted by atomic mass is 32.2. The van der Waals surface area contributed by atoms with Gasteiger partial charge in [0.15, 0.2) is 0 Å². The molecule has 0 spiro atoms. The molecule has 1 unspecified atom stereocenters. The topological polar surface area (TPSA) is 55.4 Å². The molecule has 2 atom stereocenters. The predicted molar refractivity (Wildman–Crippen MR) is 105 cm³/mol. The molecule has 4 nitrogen and oxygen atoms in total. The van der Waals surface area contributed by atoms with Crippen LogP contribution in [0.3, 0.4) is 0 Å².